The number of ether oxygens (including phenoxy) is 2. The van der Waals surface area contributed by atoms with Gasteiger partial charge in [0.25, 0.3) is 0 Å². The predicted octanol–water partition coefficient (Wildman–Crippen LogP) is 3.54. The number of nitrogens with zero attached hydrogens (tertiary/aromatic N) is 1. The molecule has 37 heavy (non-hydrogen) atoms. The Balaban J connectivity index is 0.000000757. The van der Waals surface area contributed by atoms with Gasteiger partial charge in [-0.3, -0.25) is 14.5 Å². The lowest BCUT2D eigenvalue weighted by molar-refractivity contribution is -0.146. The maximum Gasteiger partial charge on any atom is 0.408 e. The molecule has 0 radical (unpaired) electrons. The summed E-state index contributed by atoms with van der Waals surface area (Å²) in [5.74, 6) is -0.366. The summed E-state index contributed by atoms with van der Waals surface area (Å²) in [4.78, 5) is 47.9. The Bertz CT molecular complexity index is 734. The van der Waals surface area contributed by atoms with Crippen molar-refractivity contribution in [2.75, 3.05) is 26.2 Å². The van der Waals surface area contributed by atoms with E-state index in [0.717, 1.165) is 32.5 Å². The van der Waals surface area contributed by atoms with Crippen LogP contribution in [0.15, 0.2) is 12.7 Å². The molecule has 1 fully saturated rings. The topological polar surface area (TPSA) is 134 Å². The zero-order chi connectivity index (χ0) is 28.6. The molecular weight excluding hydrogens is 478 g/mol. The van der Waals surface area contributed by atoms with Crippen LogP contribution in [0.1, 0.15) is 80.6 Å². The van der Waals surface area contributed by atoms with Crippen molar-refractivity contribution in [1.82, 2.24) is 15.5 Å². The minimum Gasteiger partial charge on any atom is -0.480 e. The van der Waals surface area contributed by atoms with Crippen molar-refractivity contribution < 1.29 is 33.8 Å². The number of carboxylic acids is 1. The van der Waals surface area contributed by atoms with Crippen molar-refractivity contribution in [2.24, 2.45) is 5.92 Å². The molecule has 0 aromatic rings. The van der Waals surface area contributed by atoms with Crippen molar-refractivity contribution >= 4 is 23.8 Å². The van der Waals surface area contributed by atoms with E-state index in [1.165, 1.54) is 6.08 Å². The molecule has 0 aliphatic carbocycles. The smallest absolute Gasteiger partial charge is 0.408 e. The van der Waals surface area contributed by atoms with Gasteiger partial charge in [-0.2, -0.15) is 0 Å². The van der Waals surface area contributed by atoms with Gasteiger partial charge in [0, 0.05) is 19.5 Å². The van der Waals surface area contributed by atoms with Crippen molar-refractivity contribution in [1.29, 1.82) is 0 Å². The summed E-state index contributed by atoms with van der Waals surface area (Å²) in [5.41, 5.74) is -0.638. The molecule has 0 bridgehead atoms. The Morgan fingerprint density at radius 1 is 1.14 bits per heavy atom. The Morgan fingerprint density at radius 3 is 2.22 bits per heavy atom. The summed E-state index contributed by atoms with van der Waals surface area (Å²) in [5, 5.41) is 14.3. The molecule has 10 nitrogen and oxygen atoms in total. The largest absolute Gasteiger partial charge is 0.480 e. The van der Waals surface area contributed by atoms with Gasteiger partial charge >= 0.3 is 18.0 Å². The lowest BCUT2D eigenvalue weighted by Gasteiger charge is -2.40. The van der Waals surface area contributed by atoms with E-state index in [4.69, 9.17) is 14.6 Å². The second-order valence-corrected chi connectivity index (χ2v) is 10.5. The Kier molecular flexibility index (Phi) is 16.7. The molecular formula is C27H49N3O7. The number of rotatable bonds is 15. The Hall–Kier alpha value is -2.46. The molecule has 3 atom stereocenters. The predicted molar refractivity (Wildman–Crippen MR) is 143 cm³/mol. The second kappa shape index (κ2) is 17.9. The molecule has 1 aliphatic heterocycles. The first kappa shape index (κ1) is 34.5. The van der Waals surface area contributed by atoms with Gasteiger partial charge in [-0.15, -0.1) is 6.58 Å². The Morgan fingerprint density at radius 2 is 1.78 bits per heavy atom. The number of ketones is 1. The van der Waals surface area contributed by atoms with Crippen molar-refractivity contribution in [3.8, 4) is 0 Å². The van der Waals surface area contributed by atoms with Crippen LogP contribution in [0.3, 0.4) is 0 Å². The van der Waals surface area contributed by atoms with E-state index in [1.54, 1.807) is 20.8 Å². The van der Waals surface area contributed by atoms with Crippen LogP contribution in [0.5, 0.6) is 0 Å². The number of alkyl carbamates (subject to hydrolysis) is 1. The standard InChI is InChI=1S/C17H32N2O3.C10H17NO4/c1-5-16(20)15-9-12-19(15)11-8-14(17(21)22-6-2)18-10-7-13(3)4;1-5-6-7(8(12)13)11-9(14)15-10(2,3)4/h13-15,18H,5-12H2,1-4H3;5,7H,1,6H2,2-4H3,(H,11,14)(H,12,13)/t14-,15-;7-/m00/s1. The van der Waals surface area contributed by atoms with Crippen LogP contribution in [0.2, 0.25) is 0 Å². The van der Waals surface area contributed by atoms with E-state index in [9.17, 15) is 19.2 Å². The first-order chi connectivity index (χ1) is 17.2. The van der Waals surface area contributed by atoms with Gasteiger partial charge in [0.2, 0.25) is 0 Å². The number of likely N-dealkylation sites (tertiary alicyclic amines) is 1. The van der Waals surface area contributed by atoms with Crippen molar-refractivity contribution in [3.05, 3.63) is 12.7 Å². The summed E-state index contributed by atoms with van der Waals surface area (Å²) >= 11 is 0. The third-order valence-corrected chi connectivity index (χ3v) is 5.63. The number of hydrogen-bond acceptors (Lipinski definition) is 8. The Labute approximate surface area is 222 Å². The van der Waals surface area contributed by atoms with Gasteiger partial charge in [0.1, 0.15) is 23.5 Å². The van der Waals surface area contributed by atoms with Gasteiger partial charge in [-0.05, 0) is 65.8 Å². The van der Waals surface area contributed by atoms with Gasteiger partial charge in [-0.25, -0.2) is 9.59 Å². The van der Waals surface area contributed by atoms with E-state index in [-0.39, 0.29) is 24.5 Å². The number of Topliss-reactive ketones (excluding diaryl/α,β-unsaturated/α-hetero) is 1. The van der Waals surface area contributed by atoms with Gasteiger partial charge in [0.15, 0.2) is 0 Å². The first-order valence-electron chi connectivity index (χ1n) is 13.3. The fraction of sp³-hybridized carbons (Fsp3) is 0.778. The van der Waals surface area contributed by atoms with Crippen LogP contribution in [0.4, 0.5) is 4.79 Å². The number of carbonyl (C=O) groups excluding carboxylic acids is 3. The molecule has 1 heterocycles. The molecule has 214 valence electrons. The molecule has 0 aromatic heterocycles. The summed E-state index contributed by atoms with van der Waals surface area (Å²) in [6.07, 6.45) is 4.13. The van der Waals surface area contributed by atoms with Crippen LogP contribution >= 0.6 is 0 Å². The normalized spacial score (nSPS) is 16.9. The quantitative estimate of drug-likeness (QED) is 0.216. The minimum atomic E-state index is -1.11. The minimum absolute atomic E-state index is 0.0727. The maximum atomic E-state index is 12.0. The average Bonchev–Trinajstić information content (AvgIpc) is 2.75. The second-order valence-electron chi connectivity index (χ2n) is 10.5. The van der Waals surface area contributed by atoms with E-state index in [0.29, 0.717) is 31.1 Å². The highest BCUT2D eigenvalue weighted by molar-refractivity contribution is 5.84. The number of nitrogens with one attached hydrogen (secondary N) is 2. The van der Waals surface area contributed by atoms with Crippen LogP contribution in [-0.2, 0) is 23.9 Å². The van der Waals surface area contributed by atoms with Crippen LogP contribution in [0, 0.1) is 5.92 Å². The van der Waals surface area contributed by atoms with Crippen LogP contribution in [0.25, 0.3) is 0 Å². The molecule has 0 unspecified atom stereocenters. The zero-order valence-corrected chi connectivity index (χ0v) is 23.8. The summed E-state index contributed by atoms with van der Waals surface area (Å²) in [6, 6.07) is -1.18. The van der Waals surface area contributed by atoms with Gasteiger partial charge in [0.05, 0.1) is 12.6 Å². The SMILES string of the molecule is C=CC[C@H](NC(=O)OC(C)(C)C)C(=O)O.CCOC(=O)[C@H](CCN1CC[C@H]1C(=O)CC)NCCC(C)C. The molecule has 3 N–H and O–H groups in total. The fourth-order valence-corrected chi connectivity index (χ4v) is 3.53. The summed E-state index contributed by atoms with van der Waals surface area (Å²) < 4.78 is 10.1. The number of esters is 1. The van der Waals surface area contributed by atoms with Crippen molar-refractivity contribution in [3.63, 3.8) is 0 Å². The summed E-state index contributed by atoms with van der Waals surface area (Å²) in [6.45, 7) is 19.5. The summed E-state index contributed by atoms with van der Waals surface area (Å²) in [7, 11) is 0. The lowest BCUT2D eigenvalue weighted by Crippen LogP contribution is -2.53. The monoisotopic (exact) mass is 527 g/mol. The van der Waals surface area contributed by atoms with Gasteiger partial charge in [-0.1, -0.05) is 26.8 Å². The van der Waals surface area contributed by atoms with E-state index in [1.807, 2.05) is 13.8 Å². The molecule has 0 saturated carbocycles. The maximum absolute atomic E-state index is 12.0. The molecule has 1 aliphatic rings. The highest BCUT2D eigenvalue weighted by atomic mass is 16.6. The lowest BCUT2D eigenvalue weighted by atomic mass is 9.96. The average molecular weight is 528 g/mol. The fourth-order valence-electron chi connectivity index (χ4n) is 3.53. The van der Waals surface area contributed by atoms with E-state index in [2.05, 4.69) is 36.0 Å². The molecule has 0 aromatic carbocycles. The molecule has 1 saturated heterocycles. The number of aliphatic carboxylic acids is 1. The van der Waals surface area contributed by atoms with Crippen LogP contribution in [-0.4, -0.2) is 83.8 Å². The molecule has 1 amide bonds. The highest BCUT2D eigenvalue weighted by Gasteiger charge is 2.33. The molecule has 1 rings (SSSR count). The third-order valence-electron chi connectivity index (χ3n) is 5.63. The molecule has 0 spiro atoms. The van der Waals surface area contributed by atoms with E-state index < -0.39 is 23.7 Å². The zero-order valence-electron chi connectivity index (χ0n) is 23.8. The van der Waals surface area contributed by atoms with E-state index >= 15 is 0 Å². The number of carbonyl (C=O) groups is 4. The van der Waals surface area contributed by atoms with Crippen LogP contribution < -0.4 is 10.6 Å². The third kappa shape index (κ3) is 15.4. The van der Waals surface area contributed by atoms with Crippen molar-refractivity contribution in [2.45, 2.75) is 104 Å². The number of amides is 1. The number of carboxylic acid groups (broad SMARTS) is 1. The number of hydrogen-bond donors (Lipinski definition) is 3. The van der Waals surface area contributed by atoms with Gasteiger partial charge < -0.3 is 25.2 Å². The molecule has 10 heteroatoms. The highest BCUT2D eigenvalue weighted by Crippen LogP contribution is 2.20. The first-order valence-corrected chi connectivity index (χ1v) is 13.3.